The van der Waals surface area contributed by atoms with Crippen molar-refractivity contribution >= 4 is 11.3 Å². The molecule has 68 valence electrons. The topological polar surface area (TPSA) is 50.9 Å². The number of thiophene rings is 1. The molecule has 0 aliphatic heterocycles. The van der Waals surface area contributed by atoms with Gasteiger partial charge in [-0.15, -0.1) is 10.2 Å². The van der Waals surface area contributed by atoms with Gasteiger partial charge in [0.1, 0.15) is 12.4 Å². The van der Waals surface area contributed by atoms with Gasteiger partial charge >= 0.3 is 0 Å². The molecule has 2 heterocycles. The summed E-state index contributed by atoms with van der Waals surface area (Å²) in [4.78, 5) is 0. The van der Waals surface area contributed by atoms with E-state index in [2.05, 4.69) is 10.2 Å². The fourth-order valence-corrected chi connectivity index (χ4v) is 1.80. The Hall–Kier alpha value is -1.20. The van der Waals surface area contributed by atoms with Crippen molar-refractivity contribution in [2.75, 3.05) is 0 Å². The number of aromatic nitrogens is 3. The first-order valence-electron chi connectivity index (χ1n) is 3.83. The van der Waals surface area contributed by atoms with Crippen LogP contribution < -0.4 is 0 Å². The molecule has 2 aromatic heterocycles. The van der Waals surface area contributed by atoms with Gasteiger partial charge in [-0.05, 0) is 22.4 Å². The summed E-state index contributed by atoms with van der Waals surface area (Å²) in [6, 6.07) is 1.88. The van der Waals surface area contributed by atoms with E-state index in [0.29, 0.717) is 5.82 Å². The second kappa shape index (κ2) is 3.27. The molecule has 0 bridgehead atoms. The number of aliphatic hydroxyl groups excluding tert-OH is 1. The molecule has 0 spiro atoms. The molecule has 0 saturated heterocycles. The Balaban J connectivity index is 2.33. The summed E-state index contributed by atoms with van der Waals surface area (Å²) in [6.07, 6.45) is 0.907. The highest BCUT2D eigenvalue weighted by atomic mass is 32.1. The molecule has 1 atom stereocenters. The SMILES string of the molecule is Cn1cnnc1C(O)c1ccsc1. The molecule has 2 rings (SSSR count). The van der Waals surface area contributed by atoms with E-state index in [0.717, 1.165) is 5.56 Å². The average molecular weight is 195 g/mol. The van der Waals surface area contributed by atoms with Gasteiger partial charge in [-0.3, -0.25) is 0 Å². The van der Waals surface area contributed by atoms with Crippen LogP contribution >= 0.6 is 11.3 Å². The van der Waals surface area contributed by atoms with Crippen LogP contribution in [0.1, 0.15) is 17.5 Å². The van der Waals surface area contributed by atoms with E-state index in [1.165, 1.54) is 0 Å². The van der Waals surface area contributed by atoms with Crippen molar-refractivity contribution in [2.24, 2.45) is 7.05 Å². The molecule has 0 fully saturated rings. The third-order valence-corrected chi connectivity index (χ3v) is 2.55. The van der Waals surface area contributed by atoms with E-state index in [-0.39, 0.29) is 0 Å². The minimum absolute atomic E-state index is 0.568. The Morgan fingerprint density at radius 3 is 3.00 bits per heavy atom. The van der Waals surface area contributed by atoms with Gasteiger partial charge in [0.05, 0.1) is 0 Å². The molecular weight excluding hydrogens is 186 g/mol. The normalized spacial score (nSPS) is 13.1. The fraction of sp³-hybridized carbons (Fsp3) is 0.250. The summed E-state index contributed by atoms with van der Waals surface area (Å²) < 4.78 is 1.71. The summed E-state index contributed by atoms with van der Waals surface area (Å²) in [5, 5.41) is 21.2. The number of nitrogens with zero attached hydrogens (tertiary/aromatic N) is 3. The van der Waals surface area contributed by atoms with Crippen molar-refractivity contribution in [1.29, 1.82) is 0 Å². The van der Waals surface area contributed by atoms with Crippen LogP contribution in [0, 0.1) is 0 Å². The van der Waals surface area contributed by atoms with Crippen molar-refractivity contribution in [1.82, 2.24) is 14.8 Å². The quantitative estimate of drug-likeness (QED) is 0.776. The first-order chi connectivity index (χ1) is 6.29. The molecule has 1 unspecified atom stereocenters. The molecule has 0 aliphatic rings. The third-order valence-electron chi connectivity index (χ3n) is 1.85. The molecular formula is C8H9N3OS. The van der Waals surface area contributed by atoms with Crippen LogP contribution in [-0.2, 0) is 7.05 Å². The maximum atomic E-state index is 9.83. The lowest BCUT2D eigenvalue weighted by Gasteiger charge is -2.06. The Bertz CT molecular complexity index is 382. The van der Waals surface area contributed by atoms with Crippen LogP contribution in [0.3, 0.4) is 0 Å². The minimum Gasteiger partial charge on any atom is -0.380 e. The smallest absolute Gasteiger partial charge is 0.166 e. The van der Waals surface area contributed by atoms with Crippen molar-refractivity contribution in [3.05, 3.63) is 34.5 Å². The number of hydrogen-bond donors (Lipinski definition) is 1. The van der Waals surface area contributed by atoms with Crippen molar-refractivity contribution < 1.29 is 5.11 Å². The maximum absolute atomic E-state index is 9.83. The summed E-state index contributed by atoms with van der Waals surface area (Å²) in [5.74, 6) is 0.568. The second-order valence-corrected chi connectivity index (χ2v) is 3.54. The Morgan fingerprint density at radius 1 is 1.62 bits per heavy atom. The van der Waals surface area contributed by atoms with Gasteiger partial charge in [0.15, 0.2) is 5.82 Å². The first-order valence-corrected chi connectivity index (χ1v) is 4.77. The number of rotatable bonds is 2. The van der Waals surface area contributed by atoms with Crippen LogP contribution in [-0.4, -0.2) is 19.9 Å². The first kappa shape index (κ1) is 8.40. The van der Waals surface area contributed by atoms with E-state index in [1.807, 2.05) is 23.9 Å². The lowest BCUT2D eigenvalue weighted by Crippen LogP contribution is -2.05. The van der Waals surface area contributed by atoms with E-state index < -0.39 is 6.10 Å². The summed E-state index contributed by atoms with van der Waals surface area (Å²) in [5.41, 5.74) is 0.862. The van der Waals surface area contributed by atoms with Crippen LogP contribution in [0.25, 0.3) is 0 Å². The zero-order valence-electron chi connectivity index (χ0n) is 7.08. The molecule has 4 nitrogen and oxygen atoms in total. The molecule has 0 aromatic carbocycles. The number of aryl methyl sites for hydroxylation is 1. The zero-order chi connectivity index (χ0) is 9.26. The summed E-state index contributed by atoms with van der Waals surface area (Å²) in [6.45, 7) is 0. The largest absolute Gasteiger partial charge is 0.380 e. The van der Waals surface area contributed by atoms with Gasteiger partial charge in [-0.1, -0.05) is 0 Å². The average Bonchev–Trinajstić information content (AvgIpc) is 2.72. The van der Waals surface area contributed by atoms with Crippen molar-refractivity contribution in [3.8, 4) is 0 Å². The Morgan fingerprint density at radius 2 is 2.46 bits per heavy atom. The number of aliphatic hydroxyl groups is 1. The predicted octanol–water partition coefficient (Wildman–Crippen LogP) is 0.958. The Labute approximate surface area is 79.5 Å². The highest BCUT2D eigenvalue weighted by Crippen LogP contribution is 2.21. The van der Waals surface area contributed by atoms with Gasteiger partial charge in [-0.25, -0.2) is 0 Å². The van der Waals surface area contributed by atoms with E-state index in [4.69, 9.17) is 0 Å². The summed E-state index contributed by atoms with van der Waals surface area (Å²) >= 11 is 1.55. The van der Waals surface area contributed by atoms with Crippen molar-refractivity contribution in [3.63, 3.8) is 0 Å². The van der Waals surface area contributed by atoms with Crippen LogP contribution in [0.5, 0.6) is 0 Å². The molecule has 0 amide bonds. The predicted molar refractivity (Wildman–Crippen MR) is 49.4 cm³/mol. The third kappa shape index (κ3) is 1.48. The molecule has 5 heteroatoms. The van der Waals surface area contributed by atoms with Crippen LogP contribution in [0.4, 0.5) is 0 Å². The summed E-state index contributed by atoms with van der Waals surface area (Å²) in [7, 11) is 1.81. The lowest BCUT2D eigenvalue weighted by atomic mass is 10.2. The molecule has 0 aliphatic carbocycles. The van der Waals surface area contributed by atoms with E-state index in [1.54, 1.807) is 22.2 Å². The standard InChI is InChI=1S/C8H9N3OS/c1-11-5-9-10-8(11)7(12)6-2-3-13-4-6/h2-5,7,12H,1H3. The molecule has 2 aromatic rings. The van der Waals surface area contributed by atoms with Gasteiger partial charge < -0.3 is 9.67 Å². The van der Waals surface area contributed by atoms with Gasteiger partial charge in [-0.2, -0.15) is 11.3 Å². The molecule has 13 heavy (non-hydrogen) atoms. The Kier molecular flexibility index (Phi) is 2.12. The number of hydrogen-bond acceptors (Lipinski definition) is 4. The second-order valence-electron chi connectivity index (χ2n) is 2.76. The molecule has 0 radical (unpaired) electrons. The maximum Gasteiger partial charge on any atom is 0.166 e. The molecule has 1 N–H and O–H groups in total. The molecule has 0 saturated carbocycles. The van der Waals surface area contributed by atoms with E-state index >= 15 is 0 Å². The zero-order valence-corrected chi connectivity index (χ0v) is 7.90. The van der Waals surface area contributed by atoms with Crippen LogP contribution in [0.2, 0.25) is 0 Å². The highest BCUT2D eigenvalue weighted by Gasteiger charge is 2.15. The van der Waals surface area contributed by atoms with Crippen LogP contribution in [0.15, 0.2) is 23.2 Å². The monoisotopic (exact) mass is 195 g/mol. The van der Waals surface area contributed by atoms with Crippen molar-refractivity contribution in [2.45, 2.75) is 6.10 Å². The lowest BCUT2D eigenvalue weighted by molar-refractivity contribution is 0.206. The van der Waals surface area contributed by atoms with Gasteiger partial charge in [0, 0.05) is 7.05 Å². The van der Waals surface area contributed by atoms with Gasteiger partial charge in [0.2, 0.25) is 0 Å². The fourth-order valence-electron chi connectivity index (χ4n) is 1.12. The van der Waals surface area contributed by atoms with E-state index in [9.17, 15) is 5.11 Å². The minimum atomic E-state index is -0.668. The highest BCUT2D eigenvalue weighted by molar-refractivity contribution is 7.07. The van der Waals surface area contributed by atoms with Gasteiger partial charge in [0.25, 0.3) is 0 Å².